The lowest BCUT2D eigenvalue weighted by molar-refractivity contribution is 0.518. The van der Waals surface area contributed by atoms with Crippen LogP contribution in [0.1, 0.15) is 31.1 Å². The molecule has 0 spiro atoms. The molecule has 1 aliphatic rings. The molecular weight excluding hydrogens is 283 g/mol. The summed E-state index contributed by atoms with van der Waals surface area (Å²) in [6, 6.07) is 5.16. The van der Waals surface area contributed by atoms with Gasteiger partial charge in [-0.15, -0.1) is 11.6 Å². The standard InChI is InChI=1S/C14H16ClFN2S/c1-19-11-4-3-10(7-11)18-13-6-9(16)2-5-12(13)17-14(18)8-15/h2,5-6,10-11H,3-4,7-8H2,1H3. The monoisotopic (exact) mass is 298 g/mol. The summed E-state index contributed by atoms with van der Waals surface area (Å²) in [6.45, 7) is 0. The summed E-state index contributed by atoms with van der Waals surface area (Å²) < 4.78 is 15.6. The van der Waals surface area contributed by atoms with Gasteiger partial charge >= 0.3 is 0 Å². The lowest BCUT2D eigenvalue weighted by atomic mass is 10.2. The Labute approximate surface area is 121 Å². The van der Waals surface area contributed by atoms with E-state index in [1.165, 1.54) is 12.5 Å². The van der Waals surface area contributed by atoms with E-state index in [-0.39, 0.29) is 5.82 Å². The maximum Gasteiger partial charge on any atom is 0.125 e. The Morgan fingerprint density at radius 1 is 1.47 bits per heavy atom. The molecule has 1 aromatic carbocycles. The summed E-state index contributed by atoms with van der Waals surface area (Å²) in [5, 5.41) is 0.694. The van der Waals surface area contributed by atoms with E-state index < -0.39 is 0 Å². The Kier molecular flexibility index (Phi) is 3.72. The first-order valence-corrected chi connectivity index (χ1v) is 8.30. The summed E-state index contributed by atoms with van der Waals surface area (Å²) >= 11 is 7.92. The van der Waals surface area contributed by atoms with Crippen molar-refractivity contribution in [1.29, 1.82) is 0 Å². The molecule has 0 saturated heterocycles. The second-order valence-electron chi connectivity index (χ2n) is 4.99. The molecule has 0 bridgehead atoms. The fraction of sp³-hybridized carbons (Fsp3) is 0.500. The third kappa shape index (κ3) is 2.36. The summed E-state index contributed by atoms with van der Waals surface area (Å²) in [4.78, 5) is 4.53. The van der Waals surface area contributed by atoms with Gasteiger partial charge in [-0.2, -0.15) is 11.8 Å². The maximum atomic E-state index is 13.5. The SMILES string of the molecule is CSC1CCC(n2c(CCl)nc3ccc(F)cc32)C1. The molecule has 0 aliphatic heterocycles. The van der Waals surface area contributed by atoms with Gasteiger partial charge in [0, 0.05) is 11.3 Å². The molecule has 1 fully saturated rings. The van der Waals surface area contributed by atoms with E-state index in [9.17, 15) is 4.39 Å². The van der Waals surface area contributed by atoms with Crippen molar-refractivity contribution in [2.24, 2.45) is 0 Å². The Bertz CT molecular complexity index is 598. The van der Waals surface area contributed by atoms with Gasteiger partial charge in [0.05, 0.1) is 16.9 Å². The summed E-state index contributed by atoms with van der Waals surface area (Å²) in [5.74, 6) is 1.01. The van der Waals surface area contributed by atoms with E-state index in [2.05, 4.69) is 15.8 Å². The number of benzene rings is 1. The highest BCUT2D eigenvalue weighted by Crippen LogP contribution is 2.38. The number of aromatic nitrogens is 2. The van der Waals surface area contributed by atoms with Gasteiger partial charge in [0.15, 0.2) is 0 Å². The molecule has 1 heterocycles. The van der Waals surface area contributed by atoms with E-state index in [0.717, 1.165) is 29.7 Å². The molecule has 1 aromatic heterocycles. The van der Waals surface area contributed by atoms with Gasteiger partial charge in [-0.05, 0) is 43.7 Å². The second-order valence-corrected chi connectivity index (χ2v) is 6.39. The summed E-state index contributed by atoms with van der Waals surface area (Å²) in [7, 11) is 0. The van der Waals surface area contributed by atoms with Crippen LogP contribution >= 0.6 is 23.4 Å². The Balaban J connectivity index is 2.08. The predicted molar refractivity (Wildman–Crippen MR) is 79.4 cm³/mol. The molecule has 2 atom stereocenters. The van der Waals surface area contributed by atoms with Crippen LogP contribution in [0, 0.1) is 5.82 Å². The van der Waals surface area contributed by atoms with Crippen molar-refractivity contribution in [3.05, 3.63) is 29.8 Å². The van der Waals surface area contributed by atoms with Crippen molar-refractivity contribution in [2.75, 3.05) is 6.26 Å². The van der Waals surface area contributed by atoms with Crippen molar-refractivity contribution in [2.45, 2.75) is 36.4 Å². The molecule has 19 heavy (non-hydrogen) atoms. The first-order valence-electron chi connectivity index (χ1n) is 6.48. The van der Waals surface area contributed by atoms with Crippen LogP contribution in [0.4, 0.5) is 4.39 Å². The largest absolute Gasteiger partial charge is 0.324 e. The van der Waals surface area contributed by atoms with Crippen LogP contribution in [0.2, 0.25) is 0 Å². The smallest absolute Gasteiger partial charge is 0.125 e. The van der Waals surface area contributed by atoms with Crippen LogP contribution in [0.5, 0.6) is 0 Å². The van der Waals surface area contributed by atoms with Gasteiger partial charge in [-0.1, -0.05) is 0 Å². The van der Waals surface area contributed by atoms with Gasteiger partial charge in [0.1, 0.15) is 11.6 Å². The zero-order valence-corrected chi connectivity index (χ0v) is 12.3. The first kappa shape index (κ1) is 13.3. The van der Waals surface area contributed by atoms with Crippen LogP contribution in [0.3, 0.4) is 0 Å². The lowest BCUT2D eigenvalue weighted by Crippen LogP contribution is -2.09. The molecule has 1 aliphatic carbocycles. The molecule has 2 aromatic rings. The van der Waals surface area contributed by atoms with E-state index in [1.807, 2.05) is 11.8 Å². The van der Waals surface area contributed by atoms with Crippen LogP contribution < -0.4 is 0 Å². The molecule has 0 N–H and O–H groups in total. The highest BCUT2D eigenvalue weighted by atomic mass is 35.5. The molecule has 1 saturated carbocycles. The fourth-order valence-corrected chi connectivity index (χ4v) is 3.96. The lowest BCUT2D eigenvalue weighted by Gasteiger charge is -2.16. The minimum absolute atomic E-state index is 0.214. The first-order chi connectivity index (χ1) is 9.22. The minimum atomic E-state index is -0.214. The molecule has 3 rings (SSSR count). The third-order valence-corrected chi connectivity index (χ3v) is 5.23. The second kappa shape index (κ2) is 5.33. The number of hydrogen-bond donors (Lipinski definition) is 0. The number of halogens is 2. The van der Waals surface area contributed by atoms with Crippen LogP contribution in [-0.4, -0.2) is 21.1 Å². The molecule has 0 amide bonds. The average Bonchev–Trinajstić information content (AvgIpc) is 3.01. The number of hydrogen-bond acceptors (Lipinski definition) is 2. The topological polar surface area (TPSA) is 17.8 Å². The Morgan fingerprint density at radius 2 is 2.32 bits per heavy atom. The molecule has 0 radical (unpaired) electrons. The Hall–Kier alpha value is -0.740. The van der Waals surface area contributed by atoms with Crippen LogP contribution in [-0.2, 0) is 5.88 Å². The average molecular weight is 299 g/mol. The van der Waals surface area contributed by atoms with E-state index in [4.69, 9.17) is 11.6 Å². The zero-order valence-electron chi connectivity index (χ0n) is 10.8. The molecule has 5 heteroatoms. The minimum Gasteiger partial charge on any atom is -0.324 e. The van der Waals surface area contributed by atoms with Gasteiger partial charge in [0.2, 0.25) is 0 Å². The van der Waals surface area contributed by atoms with E-state index in [0.29, 0.717) is 17.2 Å². The van der Waals surface area contributed by atoms with Crippen molar-refractivity contribution >= 4 is 34.4 Å². The van der Waals surface area contributed by atoms with Crippen molar-refractivity contribution in [3.63, 3.8) is 0 Å². The van der Waals surface area contributed by atoms with Gasteiger partial charge in [0.25, 0.3) is 0 Å². The van der Waals surface area contributed by atoms with Gasteiger partial charge < -0.3 is 4.57 Å². The van der Waals surface area contributed by atoms with E-state index in [1.54, 1.807) is 12.1 Å². The van der Waals surface area contributed by atoms with Crippen molar-refractivity contribution < 1.29 is 4.39 Å². The number of fused-ring (bicyclic) bond motifs is 1. The maximum absolute atomic E-state index is 13.5. The normalized spacial score (nSPS) is 23.3. The molecule has 2 unspecified atom stereocenters. The summed E-state index contributed by atoms with van der Waals surface area (Å²) in [5.41, 5.74) is 1.71. The predicted octanol–water partition coefficient (Wildman–Crippen LogP) is 4.37. The fourth-order valence-electron chi connectivity index (χ4n) is 2.98. The van der Waals surface area contributed by atoms with Crippen molar-refractivity contribution in [1.82, 2.24) is 9.55 Å². The van der Waals surface area contributed by atoms with Gasteiger partial charge in [-0.25, -0.2) is 9.37 Å². The highest BCUT2D eigenvalue weighted by molar-refractivity contribution is 7.99. The number of alkyl halides is 1. The highest BCUT2D eigenvalue weighted by Gasteiger charge is 2.28. The van der Waals surface area contributed by atoms with E-state index >= 15 is 0 Å². The molecular formula is C14H16ClFN2S. The number of rotatable bonds is 3. The molecule has 102 valence electrons. The van der Waals surface area contributed by atoms with Crippen LogP contribution in [0.25, 0.3) is 11.0 Å². The van der Waals surface area contributed by atoms with Crippen molar-refractivity contribution in [3.8, 4) is 0 Å². The van der Waals surface area contributed by atoms with Crippen LogP contribution in [0.15, 0.2) is 18.2 Å². The number of imidazole rings is 1. The zero-order chi connectivity index (χ0) is 13.4. The Morgan fingerprint density at radius 3 is 3.00 bits per heavy atom. The quantitative estimate of drug-likeness (QED) is 0.783. The van der Waals surface area contributed by atoms with Gasteiger partial charge in [-0.3, -0.25) is 0 Å². The third-order valence-electron chi connectivity index (χ3n) is 3.90. The number of nitrogens with zero attached hydrogens (tertiary/aromatic N) is 2. The molecule has 2 nitrogen and oxygen atoms in total. The summed E-state index contributed by atoms with van der Waals surface area (Å²) in [6.07, 6.45) is 5.61. The number of thioether (sulfide) groups is 1.